The van der Waals surface area contributed by atoms with E-state index in [1.54, 1.807) is 0 Å². The molecule has 0 heterocycles. The number of fused-ring (bicyclic) bond motifs is 7. The molecule has 0 aromatic heterocycles. The van der Waals surface area contributed by atoms with E-state index in [2.05, 4.69) is 49.6 Å². The third-order valence-electron chi connectivity index (χ3n) is 5.62. The number of hydrogen-bond donors (Lipinski definition) is 0. The molecular weight excluding hydrogens is 228 g/mol. The third-order valence-corrected chi connectivity index (χ3v) is 5.62. The molecule has 19 heavy (non-hydrogen) atoms. The summed E-state index contributed by atoms with van der Waals surface area (Å²) in [5.41, 5.74) is 0. The lowest BCUT2D eigenvalue weighted by Gasteiger charge is -2.18. The summed E-state index contributed by atoms with van der Waals surface area (Å²) in [5, 5.41) is 0. The normalized spacial score (nSPS) is 45.7. The highest BCUT2D eigenvalue weighted by molar-refractivity contribution is 5.21. The van der Waals surface area contributed by atoms with Crippen molar-refractivity contribution >= 4 is 0 Å². The van der Waals surface area contributed by atoms with Crippen LogP contribution in [0.4, 0.5) is 0 Å². The Balaban J connectivity index is 0.000000108. The molecule has 6 atom stereocenters. The van der Waals surface area contributed by atoms with Crippen LogP contribution in [0.25, 0.3) is 0 Å². The van der Waals surface area contributed by atoms with Gasteiger partial charge in [-0.15, -0.1) is 13.2 Å². The van der Waals surface area contributed by atoms with Crippen LogP contribution in [-0.2, 0) is 0 Å². The zero-order valence-corrected chi connectivity index (χ0v) is 11.9. The smallest absolute Gasteiger partial charge is 0.0133 e. The molecule has 0 aromatic rings. The highest BCUT2D eigenvalue weighted by Crippen LogP contribution is 2.52. The first-order chi connectivity index (χ1) is 9.40. The monoisotopic (exact) mass is 254 g/mol. The molecule has 102 valence electrons. The zero-order valence-electron chi connectivity index (χ0n) is 11.9. The molecule has 2 fully saturated rings. The highest BCUT2D eigenvalue weighted by atomic mass is 14.5. The van der Waals surface area contributed by atoms with Gasteiger partial charge in [-0.25, -0.2) is 0 Å². The summed E-state index contributed by atoms with van der Waals surface area (Å²) in [4.78, 5) is 0. The topological polar surface area (TPSA) is 0 Å². The van der Waals surface area contributed by atoms with Crippen molar-refractivity contribution in [2.45, 2.75) is 32.1 Å². The summed E-state index contributed by atoms with van der Waals surface area (Å²) in [6, 6.07) is 0. The molecule has 5 aliphatic carbocycles. The van der Waals surface area contributed by atoms with Crippen molar-refractivity contribution in [2.75, 3.05) is 0 Å². The first kappa shape index (κ1) is 13.0. The average molecular weight is 254 g/mol. The van der Waals surface area contributed by atoms with E-state index in [1.165, 1.54) is 32.1 Å². The predicted octanol–water partition coefficient (Wildman–Crippen LogP) is 5.16. The lowest BCUT2D eigenvalue weighted by Crippen LogP contribution is -2.12. The van der Waals surface area contributed by atoms with Crippen molar-refractivity contribution in [3.05, 3.63) is 49.6 Å². The van der Waals surface area contributed by atoms with Gasteiger partial charge in [-0.3, -0.25) is 0 Å². The summed E-state index contributed by atoms with van der Waals surface area (Å²) < 4.78 is 0. The molecule has 0 saturated heterocycles. The van der Waals surface area contributed by atoms with Crippen molar-refractivity contribution in [2.24, 2.45) is 35.5 Å². The quantitative estimate of drug-likeness (QED) is 0.524. The number of allylic oxidation sites excluding steroid dienone is 6. The molecule has 0 radical (unpaired) electrons. The van der Waals surface area contributed by atoms with Crippen LogP contribution in [0, 0.1) is 35.5 Å². The van der Waals surface area contributed by atoms with Crippen molar-refractivity contribution < 1.29 is 0 Å². The Bertz CT molecular complexity index is 388. The fourth-order valence-corrected chi connectivity index (χ4v) is 4.69. The molecule has 0 N–H and O–H groups in total. The lowest BCUT2D eigenvalue weighted by molar-refractivity contribution is 0.398. The van der Waals surface area contributed by atoms with Crippen LogP contribution in [0.3, 0.4) is 0 Å². The van der Waals surface area contributed by atoms with E-state index >= 15 is 0 Å². The number of rotatable bonds is 0. The van der Waals surface area contributed by atoms with Gasteiger partial charge in [0, 0.05) is 0 Å². The van der Waals surface area contributed by atoms with Gasteiger partial charge in [0.25, 0.3) is 0 Å². The van der Waals surface area contributed by atoms with Crippen LogP contribution in [0.5, 0.6) is 0 Å². The van der Waals surface area contributed by atoms with E-state index in [0.29, 0.717) is 0 Å². The molecule has 5 aliphatic rings. The Kier molecular flexibility index (Phi) is 3.77. The Morgan fingerprint density at radius 3 is 1.95 bits per heavy atom. The molecule has 0 amide bonds. The van der Waals surface area contributed by atoms with Crippen LogP contribution in [0.1, 0.15) is 32.1 Å². The lowest BCUT2D eigenvalue weighted by atomic mass is 9.86. The van der Waals surface area contributed by atoms with Crippen molar-refractivity contribution in [3.63, 3.8) is 0 Å². The van der Waals surface area contributed by atoms with Gasteiger partial charge in [0.05, 0.1) is 0 Å². The minimum atomic E-state index is 0.925. The van der Waals surface area contributed by atoms with Crippen LogP contribution >= 0.6 is 0 Å². The van der Waals surface area contributed by atoms with Gasteiger partial charge in [-0.2, -0.15) is 0 Å². The van der Waals surface area contributed by atoms with Gasteiger partial charge in [-0.05, 0) is 67.6 Å². The molecule has 4 bridgehead atoms. The largest absolute Gasteiger partial charge is 0.106 e. The summed E-state index contributed by atoms with van der Waals surface area (Å²) in [6.07, 6.45) is 21.7. The Morgan fingerprint density at radius 2 is 1.42 bits per heavy atom. The second kappa shape index (κ2) is 5.53. The van der Waals surface area contributed by atoms with Crippen molar-refractivity contribution in [1.29, 1.82) is 0 Å². The summed E-state index contributed by atoms with van der Waals surface area (Å²) >= 11 is 0. The van der Waals surface area contributed by atoms with E-state index in [-0.39, 0.29) is 0 Å². The molecule has 0 aliphatic heterocycles. The minimum Gasteiger partial charge on any atom is -0.106 e. The van der Waals surface area contributed by atoms with Gasteiger partial charge in [-0.1, -0.05) is 36.5 Å². The van der Waals surface area contributed by atoms with E-state index < -0.39 is 0 Å². The van der Waals surface area contributed by atoms with Gasteiger partial charge in [0.1, 0.15) is 0 Å². The van der Waals surface area contributed by atoms with Crippen molar-refractivity contribution in [3.8, 4) is 0 Å². The van der Waals surface area contributed by atoms with Crippen LogP contribution < -0.4 is 0 Å². The van der Waals surface area contributed by atoms with Gasteiger partial charge < -0.3 is 0 Å². The van der Waals surface area contributed by atoms with Crippen LogP contribution in [-0.4, -0.2) is 0 Å². The van der Waals surface area contributed by atoms with E-state index in [0.717, 1.165) is 35.5 Å². The molecule has 2 saturated carbocycles. The molecule has 0 nitrogen and oxygen atoms in total. The average Bonchev–Trinajstić information content (AvgIpc) is 3.24. The fourth-order valence-electron chi connectivity index (χ4n) is 4.69. The number of hydrogen-bond acceptors (Lipinski definition) is 0. The SMILES string of the molecule is C1=CC2C3C=CC(C3)C2C1.C1=CC2CCC1C2.C=C. The van der Waals surface area contributed by atoms with E-state index in [4.69, 9.17) is 0 Å². The molecule has 5 rings (SSSR count). The summed E-state index contributed by atoms with van der Waals surface area (Å²) in [6.45, 7) is 6.00. The summed E-state index contributed by atoms with van der Waals surface area (Å²) in [7, 11) is 0. The van der Waals surface area contributed by atoms with Gasteiger partial charge in [0.2, 0.25) is 0 Å². The molecule has 6 unspecified atom stereocenters. The Labute approximate surface area is 118 Å². The second-order valence-electron chi connectivity index (χ2n) is 6.57. The fraction of sp³-hybridized carbons (Fsp3) is 0.579. The zero-order chi connectivity index (χ0) is 13.2. The van der Waals surface area contributed by atoms with Gasteiger partial charge >= 0.3 is 0 Å². The molecule has 0 spiro atoms. The standard InChI is InChI=1S/C10H12.C7H10.C2H4/c1-2-9-7-4-5-8(6-7)10(9)3-1;1-2-7-4-3-6(1)5-7;1-2/h1-2,4-5,7-10H,3,6H2;1-2,6-7H,3-5H2;1-2H2. The highest BCUT2D eigenvalue weighted by Gasteiger charge is 2.44. The Hall–Kier alpha value is -1.04. The van der Waals surface area contributed by atoms with Crippen molar-refractivity contribution in [1.82, 2.24) is 0 Å². The third kappa shape index (κ3) is 2.38. The maximum atomic E-state index is 3.00. The molecule has 0 heteroatoms. The maximum Gasteiger partial charge on any atom is -0.0133 e. The van der Waals surface area contributed by atoms with Crippen LogP contribution in [0.2, 0.25) is 0 Å². The first-order valence-corrected chi connectivity index (χ1v) is 7.93. The molecule has 0 aromatic carbocycles. The first-order valence-electron chi connectivity index (χ1n) is 7.93. The Morgan fingerprint density at radius 1 is 0.737 bits per heavy atom. The van der Waals surface area contributed by atoms with Crippen LogP contribution in [0.15, 0.2) is 49.6 Å². The van der Waals surface area contributed by atoms with E-state index in [9.17, 15) is 0 Å². The molecular formula is C19H26. The summed E-state index contributed by atoms with van der Waals surface area (Å²) in [5.74, 6) is 5.80. The predicted molar refractivity (Wildman–Crippen MR) is 82.7 cm³/mol. The maximum absolute atomic E-state index is 3.00. The second-order valence-corrected chi connectivity index (χ2v) is 6.57. The van der Waals surface area contributed by atoms with E-state index in [1.807, 2.05) is 0 Å². The van der Waals surface area contributed by atoms with Gasteiger partial charge in [0.15, 0.2) is 0 Å². The minimum absolute atomic E-state index is 0.925.